The van der Waals surface area contributed by atoms with Crippen LogP contribution in [-0.4, -0.2) is 57.4 Å². The standard InChI is InChI=1S/C18H26N4O3/c1-5-21-12(3)11-14(13(21)4)15(23)20-9-7-18(8-10-20)16(24)19-17(25)22(18)6-2/h11H,5-10H2,1-4H3,(H,19,24,25). The van der Waals surface area contributed by atoms with E-state index in [9.17, 15) is 14.4 Å². The summed E-state index contributed by atoms with van der Waals surface area (Å²) in [6.07, 6.45) is 0.966. The van der Waals surface area contributed by atoms with E-state index in [2.05, 4.69) is 16.8 Å². The van der Waals surface area contributed by atoms with Gasteiger partial charge in [0.1, 0.15) is 5.54 Å². The van der Waals surface area contributed by atoms with Gasteiger partial charge in [0.05, 0.1) is 5.56 Å². The van der Waals surface area contributed by atoms with E-state index < -0.39 is 5.54 Å². The number of piperidine rings is 1. The van der Waals surface area contributed by atoms with Crippen LogP contribution in [0, 0.1) is 13.8 Å². The van der Waals surface area contributed by atoms with Crippen molar-refractivity contribution in [2.24, 2.45) is 0 Å². The van der Waals surface area contributed by atoms with E-state index in [4.69, 9.17) is 0 Å². The highest BCUT2D eigenvalue weighted by molar-refractivity contribution is 6.07. The first-order chi connectivity index (χ1) is 11.9. The van der Waals surface area contributed by atoms with E-state index >= 15 is 0 Å². The molecule has 2 aliphatic heterocycles. The summed E-state index contributed by atoms with van der Waals surface area (Å²) in [6.45, 7) is 10.2. The van der Waals surface area contributed by atoms with Crippen molar-refractivity contribution in [1.29, 1.82) is 0 Å². The van der Waals surface area contributed by atoms with Gasteiger partial charge in [-0.15, -0.1) is 0 Å². The second-order valence-electron chi connectivity index (χ2n) is 6.86. The second kappa shape index (κ2) is 6.20. The van der Waals surface area contributed by atoms with Gasteiger partial charge >= 0.3 is 6.03 Å². The van der Waals surface area contributed by atoms with Gasteiger partial charge in [0.15, 0.2) is 0 Å². The third-order valence-electron chi connectivity index (χ3n) is 5.72. The third-order valence-corrected chi connectivity index (χ3v) is 5.72. The molecule has 2 fully saturated rings. The largest absolute Gasteiger partial charge is 0.349 e. The molecule has 0 bridgehead atoms. The van der Waals surface area contributed by atoms with Crippen LogP contribution in [0.4, 0.5) is 4.79 Å². The van der Waals surface area contributed by atoms with Crippen LogP contribution in [0.3, 0.4) is 0 Å². The van der Waals surface area contributed by atoms with Crippen LogP contribution in [-0.2, 0) is 11.3 Å². The lowest BCUT2D eigenvalue weighted by Gasteiger charge is -2.41. The Morgan fingerprint density at radius 2 is 1.80 bits per heavy atom. The van der Waals surface area contributed by atoms with Crippen LogP contribution in [0.15, 0.2) is 6.07 Å². The average Bonchev–Trinajstić information content (AvgIpc) is 3.00. The number of imide groups is 1. The van der Waals surface area contributed by atoms with Gasteiger partial charge in [0.25, 0.3) is 11.8 Å². The van der Waals surface area contributed by atoms with Crippen LogP contribution in [0.5, 0.6) is 0 Å². The van der Waals surface area contributed by atoms with Crippen molar-refractivity contribution in [2.45, 2.75) is 52.6 Å². The van der Waals surface area contributed by atoms with Gasteiger partial charge in [-0.3, -0.25) is 14.9 Å². The molecule has 3 rings (SSSR count). The van der Waals surface area contributed by atoms with Crippen LogP contribution < -0.4 is 5.32 Å². The lowest BCUT2D eigenvalue weighted by Crippen LogP contribution is -2.57. The molecule has 0 atom stereocenters. The molecule has 7 heteroatoms. The Labute approximate surface area is 148 Å². The molecule has 4 amide bonds. The van der Waals surface area contributed by atoms with Crippen molar-refractivity contribution in [3.05, 3.63) is 23.0 Å². The molecule has 0 radical (unpaired) electrons. The van der Waals surface area contributed by atoms with E-state index in [0.29, 0.717) is 32.5 Å². The number of likely N-dealkylation sites (N-methyl/N-ethyl adjacent to an activating group) is 1. The molecule has 0 aliphatic carbocycles. The van der Waals surface area contributed by atoms with E-state index in [0.717, 1.165) is 23.5 Å². The summed E-state index contributed by atoms with van der Waals surface area (Å²) in [4.78, 5) is 40.6. The number of carbonyl (C=O) groups excluding carboxylic acids is 3. The quantitative estimate of drug-likeness (QED) is 0.846. The number of aromatic nitrogens is 1. The monoisotopic (exact) mass is 346 g/mol. The Kier molecular flexibility index (Phi) is 4.34. The molecular weight excluding hydrogens is 320 g/mol. The van der Waals surface area contributed by atoms with Gasteiger partial charge in [-0.05, 0) is 46.6 Å². The number of rotatable bonds is 3. The summed E-state index contributed by atoms with van der Waals surface area (Å²) in [5.74, 6) is -0.217. The number of urea groups is 1. The summed E-state index contributed by atoms with van der Waals surface area (Å²) < 4.78 is 2.13. The van der Waals surface area contributed by atoms with Gasteiger partial charge in [-0.25, -0.2) is 4.79 Å². The molecule has 0 saturated carbocycles. The third kappa shape index (κ3) is 2.53. The number of likely N-dealkylation sites (tertiary alicyclic amines) is 1. The number of amides is 4. The van der Waals surface area contributed by atoms with Crippen LogP contribution >= 0.6 is 0 Å². The lowest BCUT2D eigenvalue weighted by atomic mass is 9.86. The summed E-state index contributed by atoms with van der Waals surface area (Å²) in [7, 11) is 0. The summed E-state index contributed by atoms with van der Waals surface area (Å²) in [5.41, 5.74) is 2.00. The van der Waals surface area contributed by atoms with Gasteiger partial charge in [0, 0.05) is 37.6 Å². The minimum Gasteiger partial charge on any atom is -0.349 e. The molecular formula is C18H26N4O3. The predicted molar refractivity (Wildman–Crippen MR) is 93.4 cm³/mol. The first-order valence-electron chi connectivity index (χ1n) is 8.94. The Hall–Kier alpha value is -2.31. The number of nitrogens with one attached hydrogen (secondary N) is 1. The predicted octanol–water partition coefficient (Wildman–Crippen LogP) is 1.67. The van der Waals surface area contributed by atoms with E-state index in [1.165, 1.54) is 0 Å². The minimum absolute atomic E-state index is 0.00966. The van der Waals surface area contributed by atoms with Crippen LogP contribution in [0.2, 0.25) is 0 Å². The first-order valence-corrected chi connectivity index (χ1v) is 8.94. The van der Waals surface area contributed by atoms with E-state index in [1.54, 1.807) is 9.80 Å². The minimum atomic E-state index is -0.789. The van der Waals surface area contributed by atoms with Gasteiger partial charge in [-0.1, -0.05) is 0 Å². The zero-order chi connectivity index (χ0) is 18.4. The van der Waals surface area contributed by atoms with Gasteiger partial charge in [-0.2, -0.15) is 0 Å². The SMILES string of the molecule is CCN1C(=O)NC(=O)C12CCN(C(=O)c1cc(C)n(CC)c1C)CC2. The highest BCUT2D eigenvalue weighted by atomic mass is 16.2. The lowest BCUT2D eigenvalue weighted by molar-refractivity contribution is -0.128. The normalized spacial score (nSPS) is 19.7. The highest BCUT2D eigenvalue weighted by Crippen LogP contribution is 2.33. The Balaban J connectivity index is 1.77. The molecule has 3 heterocycles. The van der Waals surface area contributed by atoms with Crippen molar-refractivity contribution >= 4 is 17.8 Å². The molecule has 0 unspecified atom stereocenters. The number of carbonyl (C=O) groups is 3. The molecule has 7 nitrogen and oxygen atoms in total. The Morgan fingerprint density at radius 1 is 1.16 bits per heavy atom. The first kappa shape index (κ1) is 17.5. The fourth-order valence-corrected chi connectivity index (χ4v) is 4.30. The molecule has 1 aromatic rings. The molecule has 25 heavy (non-hydrogen) atoms. The summed E-state index contributed by atoms with van der Waals surface area (Å²) in [6, 6.07) is 1.62. The Bertz CT molecular complexity index is 729. The van der Waals surface area contributed by atoms with E-state index in [-0.39, 0.29) is 17.8 Å². The maximum Gasteiger partial charge on any atom is 0.325 e. The summed E-state index contributed by atoms with van der Waals surface area (Å²) >= 11 is 0. The van der Waals surface area contributed by atoms with Gasteiger partial charge in [0.2, 0.25) is 0 Å². The van der Waals surface area contributed by atoms with Crippen molar-refractivity contribution in [2.75, 3.05) is 19.6 Å². The Morgan fingerprint density at radius 3 is 2.32 bits per heavy atom. The zero-order valence-corrected chi connectivity index (χ0v) is 15.4. The van der Waals surface area contributed by atoms with Crippen molar-refractivity contribution in [1.82, 2.24) is 19.7 Å². The topological polar surface area (TPSA) is 74.7 Å². The number of hydrogen-bond donors (Lipinski definition) is 1. The van der Waals surface area contributed by atoms with Crippen molar-refractivity contribution < 1.29 is 14.4 Å². The van der Waals surface area contributed by atoms with Crippen molar-refractivity contribution in [3.63, 3.8) is 0 Å². The summed E-state index contributed by atoms with van der Waals surface area (Å²) in [5, 5.41) is 2.42. The molecule has 2 saturated heterocycles. The molecule has 0 aromatic carbocycles. The molecule has 1 spiro atoms. The van der Waals surface area contributed by atoms with Gasteiger partial charge < -0.3 is 14.4 Å². The fourth-order valence-electron chi connectivity index (χ4n) is 4.30. The molecule has 1 aromatic heterocycles. The smallest absolute Gasteiger partial charge is 0.325 e. The molecule has 2 aliphatic rings. The molecule has 1 N–H and O–H groups in total. The number of aryl methyl sites for hydroxylation is 1. The number of nitrogens with zero attached hydrogens (tertiary/aromatic N) is 3. The maximum absolute atomic E-state index is 12.9. The molecule has 136 valence electrons. The fraction of sp³-hybridized carbons (Fsp3) is 0.611. The highest BCUT2D eigenvalue weighted by Gasteiger charge is 2.53. The van der Waals surface area contributed by atoms with Crippen LogP contribution in [0.25, 0.3) is 0 Å². The zero-order valence-electron chi connectivity index (χ0n) is 15.4. The average molecular weight is 346 g/mol. The number of hydrogen-bond acceptors (Lipinski definition) is 3. The van der Waals surface area contributed by atoms with Crippen molar-refractivity contribution in [3.8, 4) is 0 Å². The van der Waals surface area contributed by atoms with Crippen LogP contribution in [0.1, 0.15) is 48.4 Å². The van der Waals surface area contributed by atoms with E-state index in [1.807, 2.05) is 26.8 Å². The second-order valence-corrected chi connectivity index (χ2v) is 6.86. The maximum atomic E-state index is 12.9.